The number of esters is 1. The van der Waals surface area contributed by atoms with Crippen LogP contribution in [0.15, 0.2) is 0 Å². The van der Waals surface area contributed by atoms with Crippen LogP contribution in [-0.4, -0.2) is 12.6 Å². The van der Waals surface area contributed by atoms with Gasteiger partial charge in [-0.25, -0.2) is 0 Å². The van der Waals surface area contributed by atoms with Gasteiger partial charge in [0.05, 0.1) is 6.61 Å². The van der Waals surface area contributed by atoms with Crippen molar-refractivity contribution in [1.82, 2.24) is 0 Å². The summed E-state index contributed by atoms with van der Waals surface area (Å²) in [5.74, 6) is 0.658. The number of carbonyl (C=O) groups excluding carboxylic acids is 1. The molecule has 0 aromatic heterocycles. The first kappa shape index (κ1) is 11.5. The molecule has 0 saturated heterocycles. The maximum atomic E-state index is 10.6. The summed E-state index contributed by atoms with van der Waals surface area (Å²) >= 11 is 0. The summed E-state index contributed by atoms with van der Waals surface area (Å²) in [4.78, 5) is 10.6. The van der Waals surface area contributed by atoms with Crippen molar-refractivity contribution in [2.75, 3.05) is 6.61 Å². The third-order valence-electron chi connectivity index (χ3n) is 3.06. The lowest BCUT2D eigenvalue weighted by Gasteiger charge is -2.19. The molecule has 1 aliphatic rings. The molecule has 0 bridgehead atoms. The molecule has 14 heavy (non-hydrogen) atoms. The van der Waals surface area contributed by atoms with Gasteiger partial charge in [-0.05, 0) is 12.3 Å². The normalized spacial score (nSPS) is 19.8. The maximum Gasteiger partial charge on any atom is 0.302 e. The van der Waals surface area contributed by atoms with Crippen LogP contribution in [0.1, 0.15) is 58.3 Å². The van der Waals surface area contributed by atoms with E-state index in [1.54, 1.807) is 0 Å². The van der Waals surface area contributed by atoms with E-state index >= 15 is 0 Å². The van der Waals surface area contributed by atoms with Crippen molar-refractivity contribution in [3.63, 3.8) is 0 Å². The Morgan fingerprint density at radius 2 is 1.71 bits per heavy atom. The van der Waals surface area contributed by atoms with Gasteiger partial charge >= 0.3 is 5.97 Å². The summed E-state index contributed by atoms with van der Waals surface area (Å²) in [6.45, 7) is 2.11. The molecule has 0 unspecified atom stereocenters. The van der Waals surface area contributed by atoms with E-state index in [1.807, 2.05) is 0 Å². The van der Waals surface area contributed by atoms with Gasteiger partial charge in [-0.1, -0.05) is 44.9 Å². The van der Waals surface area contributed by atoms with Crippen molar-refractivity contribution < 1.29 is 9.53 Å². The van der Waals surface area contributed by atoms with Crippen LogP contribution in [0.4, 0.5) is 0 Å². The topological polar surface area (TPSA) is 26.3 Å². The Kier molecular flexibility index (Phi) is 5.65. The Morgan fingerprint density at radius 3 is 2.29 bits per heavy atom. The Balaban J connectivity index is 2.10. The van der Waals surface area contributed by atoms with Gasteiger partial charge in [0.25, 0.3) is 0 Å². The number of hydrogen-bond donors (Lipinski definition) is 0. The average Bonchev–Trinajstić information content (AvgIpc) is 2.07. The summed E-state index contributed by atoms with van der Waals surface area (Å²) in [6.07, 6.45) is 10.7. The fourth-order valence-electron chi connectivity index (χ4n) is 2.20. The first-order valence-electron chi connectivity index (χ1n) is 5.92. The van der Waals surface area contributed by atoms with Gasteiger partial charge in [0.15, 0.2) is 0 Å². The van der Waals surface area contributed by atoms with E-state index in [1.165, 1.54) is 51.9 Å². The highest BCUT2D eigenvalue weighted by molar-refractivity contribution is 5.65. The lowest BCUT2D eigenvalue weighted by atomic mass is 9.89. The summed E-state index contributed by atoms with van der Waals surface area (Å²) in [6, 6.07) is 0. The van der Waals surface area contributed by atoms with Crippen LogP contribution in [0, 0.1) is 5.92 Å². The number of rotatable bonds is 3. The highest BCUT2D eigenvalue weighted by Gasteiger charge is 2.11. The van der Waals surface area contributed by atoms with Crippen molar-refractivity contribution in [3.8, 4) is 0 Å². The molecule has 2 nitrogen and oxygen atoms in total. The fourth-order valence-corrected chi connectivity index (χ4v) is 2.20. The molecule has 0 aromatic rings. The van der Waals surface area contributed by atoms with E-state index in [0.29, 0.717) is 6.61 Å². The molecule has 0 atom stereocenters. The van der Waals surface area contributed by atoms with E-state index in [0.717, 1.165) is 12.3 Å². The van der Waals surface area contributed by atoms with Gasteiger partial charge in [-0.3, -0.25) is 4.79 Å². The van der Waals surface area contributed by atoms with Crippen LogP contribution in [0.3, 0.4) is 0 Å². The number of carbonyl (C=O) groups is 1. The molecule has 0 aliphatic heterocycles. The number of ether oxygens (including phenoxy) is 1. The molecule has 0 aromatic carbocycles. The highest BCUT2D eigenvalue weighted by Crippen LogP contribution is 2.24. The van der Waals surface area contributed by atoms with Gasteiger partial charge < -0.3 is 4.74 Å². The van der Waals surface area contributed by atoms with E-state index in [2.05, 4.69) is 0 Å². The Hall–Kier alpha value is -0.530. The predicted octanol–water partition coefficient (Wildman–Crippen LogP) is 3.30. The highest BCUT2D eigenvalue weighted by atomic mass is 16.5. The van der Waals surface area contributed by atoms with Crippen molar-refractivity contribution in [2.45, 2.75) is 58.3 Å². The molecule has 0 heterocycles. The lowest BCUT2D eigenvalue weighted by molar-refractivity contribution is -0.141. The van der Waals surface area contributed by atoms with Crippen molar-refractivity contribution >= 4 is 5.97 Å². The third kappa shape index (κ3) is 5.25. The molecule has 0 amide bonds. The van der Waals surface area contributed by atoms with E-state index < -0.39 is 0 Å². The molecule has 82 valence electrons. The maximum absolute atomic E-state index is 10.6. The molecular weight excluding hydrogens is 176 g/mol. The second kappa shape index (κ2) is 6.86. The van der Waals surface area contributed by atoms with Crippen LogP contribution in [0.5, 0.6) is 0 Å². The quantitative estimate of drug-likeness (QED) is 0.650. The predicted molar refractivity (Wildman–Crippen MR) is 57.1 cm³/mol. The minimum absolute atomic E-state index is 0.143. The first-order chi connectivity index (χ1) is 6.79. The monoisotopic (exact) mass is 198 g/mol. The van der Waals surface area contributed by atoms with E-state index in [4.69, 9.17) is 4.74 Å². The van der Waals surface area contributed by atoms with Crippen LogP contribution in [0.25, 0.3) is 0 Å². The van der Waals surface area contributed by atoms with Crippen molar-refractivity contribution in [3.05, 3.63) is 0 Å². The molecule has 1 rings (SSSR count). The Morgan fingerprint density at radius 1 is 1.14 bits per heavy atom. The minimum atomic E-state index is -0.143. The number of hydrogen-bond acceptors (Lipinski definition) is 2. The minimum Gasteiger partial charge on any atom is -0.466 e. The second-order valence-electron chi connectivity index (χ2n) is 4.34. The smallest absolute Gasteiger partial charge is 0.302 e. The summed E-state index contributed by atoms with van der Waals surface area (Å²) in [5, 5.41) is 0. The van der Waals surface area contributed by atoms with Gasteiger partial charge in [0, 0.05) is 6.92 Å². The standard InChI is InChI=1S/C12H22O2/c1-11(13)14-10-9-12-7-5-3-2-4-6-8-12/h12H,2-10H2,1H3. The van der Waals surface area contributed by atoms with Gasteiger partial charge in [-0.15, -0.1) is 0 Å². The van der Waals surface area contributed by atoms with Crippen LogP contribution in [-0.2, 0) is 9.53 Å². The molecule has 2 heteroatoms. The van der Waals surface area contributed by atoms with Crippen LogP contribution in [0.2, 0.25) is 0 Å². The lowest BCUT2D eigenvalue weighted by Crippen LogP contribution is -2.09. The van der Waals surface area contributed by atoms with Crippen LogP contribution < -0.4 is 0 Å². The molecule has 0 radical (unpaired) electrons. The third-order valence-corrected chi connectivity index (χ3v) is 3.06. The van der Waals surface area contributed by atoms with Crippen molar-refractivity contribution in [2.24, 2.45) is 5.92 Å². The summed E-state index contributed by atoms with van der Waals surface area (Å²) in [5.41, 5.74) is 0. The first-order valence-corrected chi connectivity index (χ1v) is 5.92. The molecule has 1 fully saturated rings. The molecular formula is C12H22O2. The fraction of sp³-hybridized carbons (Fsp3) is 0.917. The second-order valence-corrected chi connectivity index (χ2v) is 4.34. The Labute approximate surface area is 87.0 Å². The summed E-state index contributed by atoms with van der Waals surface area (Å²) in [7, 11) is 0. The van der Waals surface area contributed by atoms with Gasteiger partial charge in [0.2, 0.25) is 0 Å². The average molecular weight is 198 g/mol. The van der Waals surface area contributed by atoms with E-state index in [-0.39, 0.29) is 5.97 Å². The molecule has 0 spiro atoms. The Bertz CT molecular complexity index is 158. The SMILES string of the molecule is CC(=O)OCCC1CCCCCCC1. The zero-order valence-electron chi connectivity index (χ0n) is 9.26. The van der Waals surface area contributed by atoms with Gasteiger partial charge in [-0.2, -0.15) is 0 Å². The zero-order valence-corrected chi connectivity index (χ0v) is 9.26. The largest absolute Gasteiger partial charge is 0.466 e. The zero-order chi connectivity index (χ0) is 10.2. The molecule has 0 N–H and O–H groups in total. The summed E-state index contributed by atoms with van der Waals surface area (Å²) < 4.78 is 4.98. The van der Waals surface area contributed by atoms with E-state index in [9.17, 15) is 4.79 Å². The van der Waals surface area contributed by atoms with Crippen molar-refractivity contribution in [1.29, 1.82) is 0 Å². The molecule has 1 saturated carbocycles. The van der Waals surface area contributed by atoms with Crippen LogP contribution >= 0.6 is 0 Å². The molecule has 1 aliphatic carbocycles. The van der Waals surface area contributed by atoms with Gasteiger partial charge in [0.1, 0.15) is 0 Å².